The fraction of sp³-hybridized carbons (Fsp3) is 0.150. The minimum absolute atomic E-state index is 0.207. The Balaban J connectivity index is 1.62. The fourth-order valence-corrected chi connectivity index (χ4v) is 3.52. The normalized spacial score (nSPS) is 10.6. The van der Waals surface area contributed by atoms with Crippen LogP contribution in [0.2, 0.25) is 0 Å². The first-order valence-electron chi connectivity index (χ1n) is 8.56. The topological polar surface area (TPSA) is 71.1 Å². The summed E-state index contributed by atoms with van der Waals surface area (Å²) in [6, 6.07) is 9.00. The number of carbonyl (C=O) groups is 2. The molecular formula is C20H16F3N3O2S. The van der Waals surface area contributed by atoms with Gasteiger partial charge in [0.1, 0.15) is 33.0 Å². The predicted molar refractivity (Wildman–Crippen MR) is 103 cm³/mol. The van der Waals surface area contributed by atoms with Crippen LogP contribution in [0, 0.1) is 24.4 Å². The van der Waals surface area contributed by atoms with Crippen LogP contribution in [-0.2, 0) is 17.8 Å². The van der Waals surface area contributed by atoms with E-state index in [0.717, 1.165) is 29.0 Å². The number of carbonyl (C=O) groups excluding carboxylic acids is 2. The zero-order valence-electron chi connectivity index (χ0n) is 15.3. The molecule has 0 spiro atoms. The molecule has 2 aromatic carbocycles. The summed E-state index contributed by atoms with van der Waals surface area (Å²) >= 11 is 1.02. The molecule has 2 amide bonds. The lowest BCUT2D eigenvalue weighted by atomic mass is 10.2. The molecule has 1 heterocycles. The number of thiazole rings is 1. The summed E-state index contributed by atoms with van der Waals surface area (Å²) in [7, 11) is 0. The van der Waals surface area contributed by atoms with Gasteiger partial charge in [0.2, 0.25) is 5.91 Å². The number of aryl methyl sites for hydroxylation is 1. The number of nitrogens with one attached hydrogen (secondary N) is 2. The molecule has 5 nitrogen and oxygen atoms in total. The number of hydrogen-bond donors (Lipinski definition) is 2. The highest BCUT2D eigenvalue weighted by molar-refractivity contribution is 7.13. The first-order chi connectivity index (χ1) is 13.8. The smallest absolute Gasteiger partial charge is 0.263 e. The molecule has 29 heavy (non-hydrogen) atoms. The zero-order chi connectivity index (χ0) is 21.0. The van der Waals surface area contributed by atoms with Crippen LogP contribution in [0.15, 0.2) is 42.5 Å². The van der Waals surface area contributed by atoms with Crippen molar-refractivity contribution in [2.45, 2.75) is 19.9 Å². The molecule has 3 rings (SSSR count). The number of hydrogen-bond acceptors (Lipinski definition) is 4. The van der Waals surface area contributed by atoms with E-state index in [1.165, 1.54) is 18.2 Å². The van der Waals surface area contributed by atoms with Crippen LogP contribution in [-0.4, -0.2) is 16.8 Å². The lowest BCUT2D eigenvalue weighted by Gasteiger charge is -2.06. The number of para-hydroxylation sites is 1. The number of halogens is 3. The van der Waals surface area contributed by atoms with E-state index in [2.05, 4.69) is 15.6 Å². The van der Waals surface area contributed by atoms with Gasteiger partial charge in [-0.25, -0.2) is 18.2 Å². The molecule has 1 aromatic heterocycles. The van der Waals surface area contributed by atoms with E-state index in [1.54, 1.807) is 19.1 Å². The number of rotatable bonds is 6. The highest BCUT2D eigenvalue weighted by Crippen LogP contribution is 2.21. The second kappa shape index (κ2) is 8.87. The highest BCUT2D eigenvalue weighted by Gasteiger charge is 2.18. The van der Waals surface area contributed by atoms with E-state index < -0.39 is 23.2 Å². The van der Waals surface area contributed by atoms with Gasteiger partial charge in [0, 0.05) is 6.54 Å². The number of aromatic nitrogens is 1. The van der Waals surface area contributed by atoms with Crippen LogP contribution < -0.4 is 10.6 Å². The number of anilines is 1. The molecule has 150 valence electrons. The maximum atomic E-state index is 13.6. The Hall–Kier alpha value is -3.20. The number of nitrogens with zero attached hydrogens (tertiary/aromatic N) is 1. The van der Waals surface area contributed by atoms with Crippen molar-refractivity contribution in [2.75, 3.05) is 5.32 Å². The first-order valence-corrected chi connectivity index (χ1v) is 9.38. The van der Waals surface area contributed by atoms with Crippen LogP contribution in [0.25, 0.3) is 0 Å². The van der Waals surface area contributed by atoms with Gasteiger partial charge in [-0.15, -0.1) is 11.3 Å². The molecule has 0 bridgehead atoms. The lowest BCUT2D eigenvalue weighted by Crippen LogP contribution is -2.22. The average Bonchev–Trinajstić information content (AvgIpc) is 3.04. The van der Waals surface area contributed by atoms with Crippen LogP contribution in [0.1, 0.15) is 25.9 Å². The highest BCUT2D eigenvalue weighted by atomic mass is 32.1. The van der Waals surface area contributed by atoms with Gasteiger partial charge in [0.15, 0.2) is 0 Å². The van der Waals surface area contributed by atoms with Crippen molar-refractivity contribution in [3.63, 3.8) is 0 Å². The van der Waals surface area contributed by atoms with Crippen molar-refractivity contribution >= 4 is 28.8 Å². The van der Waals surface area contributed by atoms with Crippen molar-refractivity contribution in [3.8, 4) is 0 Å². The maximum absolute atomic E-state index is 13.6. The molecule has 0 saturated carbocycles. The minimum atomic E-state index is -0.880. The Kier molecular flexibility index (Phi) is 6.28. The monoisotopic (exact) mass is 419 g/mol. The van der Waals surface area contributed by atoms with Gasteiger partial charge in [0.25, 0.3) is 5.91 Å². The summed E-state index contributed by atoms with van der Waals surface area (Å²) in [5, 5.41) is 5.23. The Bertz CT molecular complexity index is 1030. The predicted octanol–water partition coefficient (Wildman–Crippen LogP) is 3.98. The van der Waals surface area contributed by atoms with Crippen molar-refractivity contribution in [1.29, 1.82) is 0 Å². The van der Waals surface area contributed by atoms with E-state index in [1.807, 2.05) is 0 Å². The Labute approximate surface area is 168 Å². The molecule has 0 fully saturated rings. The Morgan fingerprint density at radius 3 is 2.34 bits per heavy atom. The van der Waals surface area contributed by atoms with Crippen LogP contribution in [0.3, 0.4) is 0 Å². The lowest BCUT2D eigenvalue weighted by molar-refractivity contribution is -0.115. The molecule has 0 atom stereocenters. The summed E-state index contributed by atoms with van der Waals surface area (Å²) in [4.78, 5) is 29.0. The summed E-state index contributed by atoms with van der Waals surface area (Å²) in [6.07, 6.45) is -0.232. The van der Waals surface area contributed by atoms with Crippen LogP contribution in [0.4, 0.5) is 18.9 Å². The summed E-state index contributed by atoms with van der Waals surface area (Å²) in [6.45, 7) is 1.83. The number of amides is 2. The first kappa shape index (κ1) is 20.5. The maximum Gasteiger partial charge on any atom is 0.263 e. The quantitative estimate of drug-likeness (QED) is 0.635. The van der Waals surface area contributed by atoms with Gasteiger partial charge < -0.3 is 10.6 Å². The third-order valence-corrected chi connectivity index (χ3v) is 5.11. The third-order valence-electron chi connectivity index (χ3n) is 3.95. The molecule has 3 aromatic rings. The summed E-state index contributed by atoms with van der Waals surface area (Å²) in [5.74, 6) is -3.15. The van der Waals surface area contributed by atoms with Crippen molar-refractivity contribution < 1.29 is 22.8 Å². The molecule has 0 aliphatic carbocycles. The van der Waals surface area contributed by atoms with E-state index in [4.69, 9.17) is 0 Å². The van der Waals surface area contributed by atoms with Gasteiger partial charge in [0.05, 0.1) is 12.1 Å². The largest absolute Gasteiger partial charge is 0.347 e. The average molecular weight is 419 g/mol. The third kappa shape index (κ3) is 5.20. The van der Waals surface area contributed by atoms with E-state index in [-0.39, 0.29) is 24.7 Å². The number of benzene rings is 2. The van der Waals surface area contributed by atoms with E-state index >= 15 is 0 Å². The molecule has 0 aliphatic heterocycles. The van der Waals surface area contributed by atoms with Gasteiger partial charge in [-0.05, 0) is 36.8 Å². The second-order valence-electron chi connectivity index (χ2n) is 6.15. The van der Waals surface area contributed by atoms with Gasteiger partial charge in [-0.3, -0.25) is 9.59 Å². The fourth-order valence-electron chi connectivity index (χ4n) is 2.54. The molecule has 0 unspecified atom stereocenters. The molecule has 2 N–H and O–H groups in total. The second-order valence-corrected chi connectivity index (χ2v) is 7.24. The van der Waals surface area contributed by atoms with E-state index in [0.29, 0.717) is 15.6 Å². The zero-order valence-corrected chi connectivity index (χ0v) is 16.1. The van der Waals surface area contributed by atoms with E-state index in [9.17, 15) is 22.8 Å². The van der Waals surface area contributed by atoms with Crippen molar-refractivity contribution in [3.05, 3.63) is 81.1 Å². The minimum Gasteiger partial charge on any atom is -0.347 e. The standard InChI is InChI=1S/C20H16F3N3O2S/c1-11-19(20(28)24-10-12-5-7-13(21)8-6-12)29-17(25-11)9-16(27)26-18-14(22)3-2-4-15(18)23/h2-8H,9-10H2,1H3,(H,24,28)(H,26,27). The van der Waals surface area contributed by atoms with Gasteiger partial charge in [-0.1, -0.05) is 18.2 Å². The molecular weight excluding hydrogens is 403 g/mol. The molecule has 0 radical (unpaired) electrons. The summed E-state index contributed by atoms with van der Waals surface area (Å²) < 4.78 is 40.2. The summed E-state index contributed by atoms with van der Waals surface area (Å²) in [5.41, 5.74) is 0.642. The van der Waals surface area contributed by atoms with Crippen LogP contribution in [0.5, 0.6) is 0 Å². The Morgan fingerprint density at radius 1 is 1.03 bits per heavy atom. The molecule has 0 saturated heterocycles. The Morgan fingerprint density at radius 2 is 1.69 bits per heavy atom. The van der Waals surface area contributed by atoms with Crippen molar-refractivity contribution in [2.24, 2.45) is 0 Å². The molecule has 0 aliphatic rings. The van der Waals surface area contributed by atoms with Gasteiger partial charge in [-0.2, -0.15) is 0 Å². The van der Waals surface area contributed by atoms with Crippen molar-refractivity contribution in [1.82, 2.24) is 10.3 Å². The SMILES string of the molecule is Cc1nc(CC(=O)Nc2c(F)cccc2F)sc1C(=O)NCc1ccc(F)cc1. The van der Waals surface area contributed by atoms with Crippen LogP contribution >= 0.6 is 11.3 Å². The van der Waals surface area contributed by atoms with Gasteiger partial charge >= 0.3 is 0 Å². The molecule has 9 heteroatoms.